The number of nitrogens with one attached hydrogen (secondary N) is 2. The van der Waals surface area contributed by atoms with E-state index in [-0.39, 0.29) is 0 Å². The monoisotopic (exact) mass is 242 g/mol. The third-order valence-corrected chi connectivity index (χ3v) is 1.49. The van der Waals surface area contributed by atoms with Crippen LogP contribution < -0.4 is 8.85 Å². The summed E-state index contributed by atoms with van der Waals surface area (Å²) in [5.74, 6) is 0.763. The molecule has 0 heterocycles. The molecule has 0 rings (SSSR count). The molecule has 0 saturated carbocycles. The van der Waals surface area contributed by atoms with E-state index in [0.29, 0.717) is 0 Å². The standard InChI is InChI=1S/C6H15IN2/c1-6(2)5-8-3-4-9-7/h6,8-9H,3-5H2,1-2H3. The third kappa shape index (κ3) is 8.65. The van der Waals surface area contributed by atoms with E-state index in [1.54, 1.807) is 0 Å². The molecule has 0 aromatic heterocycles. The average Bonchev–Trinajstić information content (AvgIpc) is 1.80. The second-order valence-corrected chi connectivity index (χ2v) is 3.24. The van der Waals surface area contributed by atoms with Gasteiger partial charge in [0.1, 0.15) is 0 Å². The van der Waals surface area contributed by atoms with E-state index in [2.05, 4.69) is 45.6 Å². The van der Waals surface area contributed by atoms with E-state index in [1.165, 1.54) is 0 Å². The van der Waals surface area contributed by atoms with Crippen LogP contribution in [0.25, 0.3) is 0 Å². The van der Waals surface area contributed by atoms with E-state index < -0.39 is 0 Å². The van der Waals surface area contributed by atoms with Crippen LogP contribution in [0.5, 0.6) is 0 Å². The summed E-state index contributed by atoms with van der Waals surface area (Å²) in [6.45, 7) is 7.67. The zero-order valence-electron chi connectivity index (χ0n) is 6.08. The topological polar surface area (TPSA) is 24.1 Å². The predicted molar refractivity (Wildman–Crippen MR) is 49.7 cm³/mol. The fourth-order valence-corrected chi connectivity index (χ4v) is 0.796. The number of rotatable bonds is 5. The second kappa shape index (κ2) is 6.77. The van der Waals surface area contributed by atoms with Gasteiger partial charge in [-0.2, -0.15) is 0 Å². The molecule has 0 aliphatic heterocycles. The smallest absolute Gasteiger partial charge is 0.0175 e. The quantitative estimate of drug-likeness (QED) is 0.429. The Labute approximate surface area is 71.3 Å². The summed E-state index contributed by atoms with van der Waals surface area (Å²) in [6.07, 6.45) is 0. The van der Waals surface area contributed by atoms with Gasteiger partial charge in [0.05, 0.1) is 0 Å². The maximum atomic E-state index is 3.32. The van der Waals surface area contributed by atoms with Crippen LogP contribution in [0, 0.1) is 5.92 Å². The zero-order chi connectivity index (χ0) is 7.11. The zero-order valence-corrected chi connectivity index (χ0v) is 8.23. The molecule has 0 unspecified atom stereocenters. The van der Waals surface area contributed by atoms with Crippen molar-refractivity contribution >= 4 is 22.9 Å². The number of halogens is 1. The minimum Gasteiger partial charge on any atom is -0.315 e. The fourth-order valence-electron chi connectivity index (χ4n) is 0.526. The minimum atomic E-state index is 0.763. The molecule has 0 saturated heterocycles. The Morgan fingerprint density at radius 2 is 2.00 bits per heavy atom. The lowest BCUT2D eigenvalue weighted by Gasteiger charge is -2.05. The molecule has 56 valence electrons. The molecule has 0 radical (unpaired) electrons. The van der Waals surface area contributed by atoms with Crippen molar-refractivity contribution in [3.05, 3.63) is 0 Å². The van der Waals surface area contributed by atoms with Gasteiger partial charge in [-0.1, -0.05) is 13.8 Å². The summed E-state index contributed by atoms with van der Waals surface area (Å²) in [4.78, 5) is 0. The lowest BCUT2D eigenvalue weighted by atomic mass is 10.2. The van der Waals surface area contributed by atoms with Crippen LogP contribution in [0.3, 0.4) is 0 Å². The number of hydrogen-bond acceptors (Lipinski definition) is 2. The molecule has 2 N–H and O–H groups in total. The summed E-state index contributed by atoms with van der Waals surface area (Å²) in [7, 11) is 0. The van der Waals surface area contributed by atoms with E-state index in [4.69, 9.17) is 0 Å². The maximum Gasteiger partial charge on any atom is 0.0175 e. The van der Waals surface area contributed by atoms with Crippen molar-refractivity contribution in [1.82, 2.24) is 8.85 Å². The molecule has 0 fully saturated rings. The van der Waals surface area contributed by atoms with Gasteiger partial charge in [0, 0.05) is 36.0 Å². The Bertz CT molecular complexity index is 57.0. The van der Waals surface area contributed by atoms with Gasteiger partial charge in [0.25, 0.3) is 0 Å². The van der Waals surface area contributed by atoms with Crippen molar-refractivity contribution in [2.24, 2.45) is 5.92 Å². The third-order valence-electron chi connectivity index (χ3n) is 0.949. The Morgan fingerprint density at radius 3 is 2.44 bits per heavy atom. The molecule has 0 aromatic carbocycles. The highest BCUT2D eigenvalue weighted by atomic mass is 127. The summed E-state index contributed by atoms with van der Waals surface area (Å²) in [5.41, 5.74) is 0. The van der Waals surface area contributed by atoms with Crippen LogP contribution in [-0.2, 0) is 0 Å². The Hall–Kier alpha value is 0.650. The van der Waals surface area contributed by atoms with Crippen LogP contribution in [-0.4, -0.2) is 19.6 Å². The highest BCUT2D eigenvalue weighted by molar-refractivity contribution is 14.1. The molecule has 3 heteroatoms. The average molecular weight is 242 g/mol. The van der Waals surface area contributed by atoms with Crippen LogP contribution in [0.2, 0.25) is 0 Å². The molecular formula is C6H15IN2. The van der Waals surface area contributed by atoms with Crippen molar-refractivity contribution in [2.75, 3.05) is 19.6 Å². The molecule has 0 aromatic rings. The van der Waals surface area contributed by atoms with Crippen LogP contribution in [0.1, 0.15) is 13.8 Å². The van der Waals surface area contributed by atoms with E-state index in [9.17, 15) is 0 Å². The van der Waals surface area contributed by atoms with Gasteiger partial charge < -0.3 is 5.32 Å². The molecule has 0 atom stereocenters. The second-order valence-electron chi connectivity index (χ2n) is 2.48. The first-order valence-corrected chi connectivity index (χ1v) is 4.39. The Balaban J connectivity index is 2.75. The van der Waals surface area contributed by atoms with Crippen LogP contribution in [0.4, 0.5) is 0 Å². The lowest BCUT2D eigenvalue weighted by molar-refractivity contribution is 0.555. The maximum absolute atomic E-state index is 3.32. The van der Waals surface area contributed by atoms with Gasteiger partial charge in [0.15, 0.2) is 0 Å². The van der Waals surface area contributed by atoms with Crippen molar-refractivity contribution in [3.63, 3.8) is 0 Å². The molecule has 9 heavy (non-hydrogen) atoms. The van der Waals surface area contributed by atoms with Crippen molar-refractivity contribution in [2.45, 2.75) is 13.8 Å². The summed E-state index contributed by atoms with van der Waals surface area (Å²) < 4.78 is 3.05. The van der Waals surface area contributed by atoms with Crippen molar-refractivity contribution < 1.29 is 0 Å². The molecular weight excluding hydrogens is 227 g/mol. The Morgan fingerprint density at radius 1 is 1.33 bits per heavy atom. The lowest BCUT2D eigenvalue weighted by Crippen LogP contribution is -2.25. The molecule has 0 amide bonds. The molecule has 0 aliphatic rings. The highest BCUT2D eigenvalue weighted by Gasteiger charge is 1.89. The SMILES string of the molecule is CC(C)CNCCNI. The first-order chi connectivity index (χ1) is 4.27. The van der Waals surface area contributed by atoms with Crippen molar-refractivity contribution in [3.8, 4) is 0 Å². The van der Waals surface area contributed by atoms with E-state index in [0.717, 1.165) is 25.6 Å². The van der Waals surface area contributed by atoms with Gasteiger partial charge in [-0.3, -0.25) is 3.53 Å². The number of hydrogen-bond donors (Lipinski definition) is 2. The summed E-state index contributed by atoms with van der Waals surface area (Å²) in [6, 6.07) is 0. The molecule has 0 spiro atoms. The first kappa shape index (κ1) is 9.65. The minimum absolute atomic E-state index is 0.763. The normalized spacial score (nSPS) is 10.7. The summed E-state index contributed by atoms with van der Waals surface area (Å²) in [5, 5.41) is 3.32. The molecule has 0 bridgehead atoms. The van der Waals surface area contributed by atoms with Gasteiger partial charge in [-0.05, 0) is 12.5 Å². The highest BCUT2D eigenvalue weighted by Crippen LogP contribution is 1.85. The van der Waals surface area contributed by atoms with E-state index in [1.807, 2.05) is 0 Å². The van der Waals surface area contributed by atoms with Gasteiger partial charge >= 0.3 is 0 Å². The predicted octanol–water partition coefficient (Wildman–Crippen LogP) is 1.17. The Kier molecular flexibility index (Phi) is 7.25. The largest absolute Gasteiger partial charge is 0.315 e. The van der Waals surface area contributed by atoms with Crippen LogP contribution >= 0.6 is 22.9 Å². The molecule has 0 aliphatic carbocycles. The van der Waals surface area contributed by atoms with E-state index >= 15 is 0 Å². The van der Waals surface area contributed by atoms with Gasteiger partial charge in [-0.25, -0.2) is 0 Å². The van der Waals surface area contributed by atoms with Crippen molar-refractivity contribution in [1.29, 1.82) is 0 Å². The van der Waals surface area contributed by atoms with Crippen LogP contribution in [0.15, 0.2) is 0 Å². The van der Waals surface area contributed by atoms with Gasteiger partial charge in [-0.15, -0.1) is 0 Å². The summed E-state index contributed by atoms with van der Waals surface area (Å²) >= 11 is 2.15. The molecule has 2 nitrogen and oxygen atoms in total. The fraction of sp³-hybridized carbons (Fsp3) is 1.00. The first-order valence-electron chi connectivity index (χ1n) is 3.31. The van der Waals surface area contributed by atoms with Gasteiger partial charge in [0.2, 0.25) is 0 Å².